The van der Waals surface area contributed by atoms with Crippen LogP contribution in [0.2, 0.25) is 0 Å². The molecule has 0 radical (unpaired) electrons. The van der Waals surface area contributed by atoms with Gasteiger partial charge in [-0.1, -0.05) is 5.57 Å². The Morgan fingerprint density at radius 3 is 2.50 bits per heavy atom. The van der Waals surface area contributed by atoms with Gasteiger partial charge >= 0.3 is 0 Å². The molecule has 0 atom stereocenters. The fourth-order valence-electron chi connectivity index (χ4n) is 1.47. The normalized spacial score (nSPS) is 10.4. The summed E-state index contributed by atoms with van der Waals surface area (Å²) in [6.07, 6.45) is 0.800. The third-order valence-corrected chi connectivity index (χ3v) is 2.59. The molecule has 0 heterocycles. The van der Waals surface area contributed by atoms with Gasteiger partial charge in [0.15, 0.2) is 0 Å². The molecule has 16 heavy (non-hydrogen) atoms. The molecule has 4 heteroatoms. The quantitative estimate of drug-likeness (QED) is 0.579. The summed E-state index contributed by atoms with van der Waals surface area (Å²) in [5, 5.41) is 3.00. The molecule has 0 unspecified atom stereocenters. The van der Waals surface area contributed by atoms with E-state index in [4.69, 9.17) is 0 Å². The maximum atomic E-state index is 11.4. The molecule has 0 aliphatic heterocycles. The Kier molecular flexibility index (Phi) is 3.88. The lowest BCUT2D eigenvalue weighted by Gasteiger charge is -2.21. The predicted molar refractivity (Wildman–Crippen MR) is 68.2 cm³/mol. The van der Waals surface area contributed by atoms with Crippen LogP contribution in [-0.4, -0.2) is 20.1 Å². The Morgan fingerprint density at radius 2 is 2.00 bits per heavy atom. The first kappa shape index (κ1) is 12.5. The highest BCUT2D eigenvalue weighted by Crippen LogP contribution is 2.18. The molecule has 1 aromatic carbocycles. The van der Waals surface area contributed by atoms with Crippen LogP contribution in [0.4, 0.5) is 11.4 Å². The van der Waals surface area contributed by atoms with E-state index in [1.807, 2.05) is 13.8 Å². The summed E-state index contributed by atoms with van der Waals surface area (Å²) in [7, 11) is 1.81. The largest absolute Gasteiger partial charge is 0.380 e. The second kappa shape index (κ2) is 4.96. The Balaban J connectivity index is 2.74. The zero-order valence-electron chi connectivity index (χ0n) is 10.1. The van der Waals surface area contributed by atoms with Gasteiger partial charge in [0.2, 0.25) is 0 Å². The van der Waals surface area contributed by atoms with Crippen molar-refractivity contribution in [3.8, 4) is 0 Å². The van der Waals surface area contributed by atoms with Crippen molar-refractivity contribution < 1.29 is 0 Å². The summed E-state index contributed by atoms with van der Waals surface area (Å²) in [6.45, 7) is 9.01. The van der Waals surface area contributed by atoms with Crippen LogP contribution in [0.25, 0.3) is 0 Å². The number of hydrogen-bond acceptors (Lipinski definition) is 4. The van der Waals surface area contributed by atoms with Crippen molar-refractivity contribution >= 4 is 11.4 Å². The van der Waals surface area contributed by atoms with Crippen molar-refractivity contribution in [2.45, 2.75) is 20.3 Å². The molecule has 1 aromatic rings. The van der Waals surface area contributed by atoms with Crippen LogP contribution in [0.5, 0.6) is 0 Å². The molecule has 0 saturated heterocycles. The Bertz CT molecular complexity index is 456. The van der Waals surface area contributed by atoms with E-state index in [0.29, 0.717) is 24.5 Å². The minimum Gasteiger partial charge on any atom is -0.380 e. The van der Waals surface area contributed by atoms with E-state index in [1.165, 1.54) is 0 Å². The SMILES string of the molecule is C=C(C)CCNc1c(N(C)CC)c(=O)c1=O. The maximum Gasteiger partial charge on any atom is 0.253 e. The van der Waals surface area contributed by atoms with Gasteiger partial charge in [-0.05, 0) is 20.3 Å². The summed E-state index contributed by atoms with van der Waals surface area (Å²) in [5.41, 5.74) is 1.22. The van der Waals surface area contributed by atoms with Crippen molar-refractivity contribution in [3.05, 3.63) is 32.6 Å². The minimum atomic E-state index is -0.406. The first-order chi connectivity index (χ1) is 7.49. The first-order valence-corrected chi connectivity index (χ1v) is 5.41. The molecule has 0 bridgehead atoms. The molecule has 0 aromatic heterocycles. The van der Waals surface area contributed by atoms with Gasteiger partial charge < -0.3 is 10.2 Å². The fraction of sp³-hybridized carbons (Fsp3) is 0.500. The van der Waals surface area contributed by atoms with Crippen LogP contribution in [0, 0.1) is 0 Å². The lowest BCUT2D eigenvalue weighted by molar-refractivity contribution is 0.938. The van der Waals surface area contributed by atoms with Crippen LogP contribution >= 0.6 is 0 Å². The first-order valence-electron chi connectivity index (χ1n) is 5.41. The van der Waals surface area contributed by atoms with Crippen molar-refractivity contribution in [2.24, 2.45) is 0 Å². The molecule has 0 spiro atoms. The monoisotopic (exact) mass is 222 g/mol. The second-order valence-corrected chi connectivity index (χ2v) is 4.03. The summed E-state index contributed by atoms with van der Waals surface area (Å²) < 4.78 is 0. The number of anilines is 2. The van der Waals surface area contributed by atoms with Gasteiger partial charge in [0.1, 0.15) is 11.4 Å². The molecule has 0 fully saturated rings. The third-order valence-electron chi connectivity index (χ3n) is 2.59. The van der Waals surface area contributed by atoms with Gasteiger partial charge in [0.05, 0.1) is 0 Å². The van der Waals surface area contributed by atoms with Crippen LogP contribution in [0.3, 0.4) is 0 Å². The van der Waals surface area contributed by atoms with Gasteiger partial charge in [-0.3, -0.25) is 9.59 Å². The Hall–Kier alpha value is -1.58. The molecular formula is C12H18N2O2. The van der Waals surface area contributed by atoms with Crippen LogP contribution in [0.15, 0.2) is 21.7 Å². The molecule has 1 N–H and O–H groups in total. The van der Waals surface area contributed by atoms with Crippen molar-refractivity contribution in [2.75, 3.05) is 30.4 Å². The van der Waals surface area contributed by atoms with Gasteiger partial charge in [-0.25, -0.2) is 0 Å². The molecule has 0 aliphatic rings. The van der Waals surface area contributed by atoms with Gasteiger partial charge in [0, 0.05) is 20.1 Å². The van der Waals surface area contributed by atoms with Crippen molar-refractivity contribution in [1.29, 1.82) is 0 Å². The standard InChI is InChI=1S/C12H18N2O2/c1-5-14(4)10-9(11(15)12(10)16)13-7-6-8(2)3/h13H,2,5-7H2,1,3-4H3. The van der Waals surface area contributed by atoms with E-state index in [-0.39, 0.29) is 5.43 Å². The van der Waals surface area contributed by atoms with Crippen molar-refractivity contribution in [1.82, 2.24) is 0 Å². The lowest BCUT2D eigenvalue weighted by atomic mass is 10.1. The molecule has 4 nitrogen and oxygen atoms in total. The molecular weight excluding hydrogens is 204 g/mol. The van der Waals surface area contributed by atoms with E-state index in [0.717, 1.165) is 12.0 Å². The van der Waals surface area contributed by atoms with E-state index in [2.05, 4.69) is 11.9 Å². The van der Waals surface area contributed by atoms with Gasteiger partial charge in [-0.2, -0.15) is 0 Å². The molecule has 0 aliphatic carbocycles. The van der Waals surface area contributed by atoms with Crippen LogP contribution in [0.1, 0.15) is 20.3 Å². The van der Waals surface area contributed by atoms with Crippen molar-refractivity contribution in [3.63, 3.8) is 0 Å². The summed E-state index contributed by atoms with van der Waals surface area (Å²) >= 11 is 0. The highest BCUT2D eigenvalue weighted by Gasteiger charge is 2.22. The van der Waals surface area contributed by atoms with Gasteiger partial charge in [0.25, 0.3) is 10.9 Å². The van der Waals surface area contributed by atoms with E-state index < -0.39 is 5.43 Å². The van der Waals surface area contributed by atoms with E-state index in [1.54, 1.807) is 11.9 Å². The highest BCUT2D eigenvalue weighted by molar-refractivity contribution is 5.74. The minimum absolute atomic E-state index is 0.387. The summed E-state index contributed by atoms with van der Waals surface area (Å²) in [6, 6.07) is 0. The van der Waals surface area contributed by atoms with E-state index >= 15 is 0 Å². The van der Waals surface area contributed by atoms with Crippen LogP contribution < -0.4 is 21.1 Å². The zero-order chi connectivity index (χ0) is 12.3. The highest BCUT2D eigenvalue weighted by atomic mass is 16.2. The number of hydrogen-bond donors (Lipinski definition) is 1. The average molecular weight is 222 g/mol. The van der Waals surface area contributed by atoms with E-state index in [9.17, 15) is 9.59 Å². The summed E-state index contributed by atoms with van der Waals surface area (Å²) in [5.74, 6) is 0. The third kappa shape index (κ3) is 2.32. The zero-order valence-corrected chi connectivity index (χ0v) is 10.1. The number of rotatable bonds is 6. The topological polar surface area (TPSA) is 49.4 Å². The summed E-state index contributed by atoms with van der Waals surface area (Å²) in [4.78, 5) is 24.5. The lowest BCUT2D eigenvalue weighted by Crippen LogP contribution is -2.41. The number of nitrogens with one attached hydrogen (secondary N) is 1. The maximum absolute atomic E-state index is 11.4. The van der Waals surface area contributed by atoms with Gasteiger partial charge in [-0.15, -0.1) is 6.58 Å². The van der Waals surface area contributed by atoms with Crippen LogP contribution in [-0.2, 0) is 0 Å². The fourth-order valence-corrected chi connectivity index (χ4v) is 1.47. The second-order valence-electron chi connectivity index (χ2n) is 4.03. The molecule has 0 amide bonds. The Labute approximate surface area is 95.3 Å². The average Bonchev–Trinajstić information content (AvgIpc) is 2.26. The Morgan fingerprint density at radius 1 is 1.38 bits per heavy atom. The number of nitrogens with zero attached hydrogens (tertiary/aromatic N) is 1. The molecule has 88 valence electrons. The smallest absolute Gasteiger partial charge is 0.253 e. The predicted octanol–water partition coefficient (Wildman–Crippen LogP) is 1.12. The molecule has 1 rings (SSSR count). The molecule has 0 saturated carbocycles.